The molecule has 3 rings (SSSR count). The van der Waals surface area contributed by atoms with Crippen LogP contribution in [0.1, 0.15) is 36.7 Å². The number of fused-ring (bicyclic) bond motifs is 1. The van der Waals surface area contributed by atoms with E-state index in [1.807, 2.05) is 24.3 Å². The van der Waals surface area contributed by atoms with Crippen LogP contribution in [0.3, 0.4) is 0 Å². The Morgan fingerprint density at radius 2 is 1.64 bits per heavy atom. The average Bonchev–Trinajstić information content (AvgIpc) is 2.74. The molecule has 0 aliphatic rings. The Balaban J connectivity index is 1.95. The summed E-state index contributed by atoms with van der Waals surface area (Å²) in [6, 6.07) is 16.0. The number of aliphatic carboxylic acids is 1. The largest absolute Gasteiger partial charge is 0.487 e. The maximum Gasteiger partial charge on any atom is 0.326 e. The molecule has 3 aromatic carbocycles. The lowest BCUT2D eigenvalue weighted by Crippen LogP contribution is -2.49. The molecule has 8 heteroatoms. The van der Waals surface area contributed by atoms with Gasteiger partial charge in [0.15, 0.2) is 9.84 Å². The second-order valence-electron chi connectivity index (χ2n) is 8.98. The van der Waals surface area contributed by atoms with Gasteiger partial charge in [-0.3, -0.25) is 4.79 Å². The summed E-state index contributed by atoms with van der Waals surface area (Å²) in [5, 5.41) is 13.8. The lowest BCUT2D eigenvalue weighted by Gasteiger charge is -2.28. The van der Waals surface area contributed by atoms with Gasteiger partial charge >= 0.3 is 5.97 Å². The van der Waals surface area contributed by atoms with Gasteiger partial charge in [0.1, 0.15) is 18.4 Å². The molecule has 0 aromatic heterocycles. The molecule has 0 saturated carbocycles. The van der Waals surface area contributed by atoms with E-state index >= 15 is 0 Å². The van der Waals surface area contributed by atoms with Gasteiger partial charge in [-0.05, 0) is 34.6 Å². The highest BCUT2D eigenvalue weighted by molar-refractivity contribution is 7.90. The number of ether oxygens (including phenoxy) is 1. The van der Waals surface area contributed by atoms with Crippen LogP contribution in [0.4, 0.5) is 0 Å². The summed E-state index contributed by atoms with van der Waals surface area (Å²) in [4.78, 5) is 25.1. The van der Waals surface area contributed by atoms with Gasteiger partial charge in [-0.25, -0.2) is 13.2 Å². The zero-order valence-corrected chi connectivity index (χ0v) is 19.8. The van der Waals surface area contributed by atoms with E-state index in [2.05, 4.69) is 5.32 Å². The summed E-state index contributed by atoms with van der Waals surface area (Å²) < 4.78 is 29.4. The standard InChI is InChI=1S/C25H27NO6S/c1-25(2,3)22(24(28)29)26-23(27)20-14-11-17-7-5-6-8-19(17)21(20)32-15-16-9-12-18(13-10-16)33(4,30)31/h5-14,22H,15H2,1-4H3,(H,26,27)(H,28,29). The van der Waals surface area contributed by atoms with Crippen LogP contribution in [-0.4, -0.2) is 37.7 Å². The number of nitrogens with one attached hydrogen (secondary N) is 1. The van der Waals surface area contributed by atoms with E-state index in [-0.39, 0.29) is 17.1 Å². The first-order valence-corrected chi connectivity index (χ1v) is 12.2. The Hall–Kier alpha value is -3.39. The predicted molar refractivity (Wildman–Crippen MR) is 126 cm³/mol. The van der Waals surface area contributed by atoms with Crippen molar-refractivity contribution in [1.29, 1.82) is 0 Å². The van der Waals surface area contributed by atoms with Gasteiger partial charge in [0.2, 0.25) is 0 Å². The lowest BCUT2D eigenvalue weighted by molar-refractivity contribution is -0.142. The summed E-state index contributed by atoms with van der Waals surface area (Å²) in [6.07, 6.45) is 1.14. The Morgan fingerprint density at radius 1 is 1.00 bits per heavy atom. The van der Waals surface area contributed by atoms with E-state index in [1.54, 1.807) is 45.0 Å². The molecule has 3 aromatic rings. The molecule has 7 nitrogen and oxygen atoms in total. The highest BCUT2D eigenvalue weighted by Crippen LogP contribution is 2.31. The van der Waals surface area contributed by atoms with Crippen LogP contribution in [0.25, 0.3) is 10.8 Å². The number of hydrogen-bond donors (Lipinski definition) is 2. The minimum atomic E-state index is -3.31. The maximum atomic E-state index is 13.1. The Morgan fingerprint density at radius 3 is 2.21 bits per heavy atom. The quantitative estimate of drug-likeness (QED) is 0.540. The SMILES string of the molecule is CC(C)(C)C(NC(=O)c1ccc2ccccc2c1OCc1ccc(S(C)(=O)=O)cc1)C(=O)O. The van der Waals surface area contributed by atoms with Crippen molar-refractivity contribution in [3.8, 4) is 5.75 Å². The van der Waals surface area contributed by atoms with Gasteiger partial charge < -0.3 is 15.2 Å². The van der Waals surface area contributed by atoms with Crippen LogP contribution in [-0.2, 0) is 21.2 Å². The summed E-state index contributed by atoms with van der Waals surface area (Å²) in [7, 11) is -3.31. The lowest BCUT2D eigenvalue weighted by atomic mass is 9.86. The summed E-state index contributed by atoms with van der Waals surface area (Å²) >= 11 is 0. The van der Waals surface area contributed by atoms with Gasteiger partial charge in [0.25, 0.3) is 5.91 Å². The summed E-state index contributed by atoms with van der Waals surface area (Å²) in [5.74, 6) is -1.34. The monoisotopic (exact) mass is 469 g/mol. The second kappa shape index (κ2) is 9.23. The van der Waals surface area contributed by atoms with Gasteiger partial charge in [0, 0.05) is 11.6 Å². The molecule has 0 aliphatic carbocycles. The first-order chi connectivity index (χ1) is 15.4. The highest BCUT2D eigenvalue weighted by Gasteiger charge is 2.33. The fourth-order valence-corrected chi connectivity index (χ4v) is 4.05. The third kappa shape index (κ3) is 5.70. The number of carbonyl (C=O) groups excluding carboxylic acids is 1. The van der Waals surface area contributed by atoms with Crippen LogP contribution in [0.5, 0.6) is 5.75 Å². The van der Waals surface area contributed by atoms with Crippen molar-refractivity contribution in [3.05, 3.63) is 71.8 Å². The molecular weight excluding hydrogens is 442 g/mol. The van der Waals surface area contributed by atoms with E-state index in [1.165, 1.54) is 12.1 Å². The third-order valence-corrected chi connectivity index (χ3v) is 6.38. The third-order valence-electron chi connectivity index (χ3n) is 5.25. The molecule has 0 bridgehead atoms. The molecule has 0 fully saturated rings. The van der Waals surface area contributed by atoms with Crippen molar-refractivity contribution >= 4 is 32.5 Å². The molecule has 33 heavy (non-hydrogen) atoms. The van der Waals surface area contributed by atoms with E-state index < -0.39 is 33.2 Å². The van der Waals surface area contributed by atoms with Crippen molar-refractivity contribution in [2.24, 2.45) is 5.41 Å². The minimum Gasteiger partial charge on any atom is -0.487 e. The zero-order valence-electron chi connectivity index (χ0n) is 19.0. The summed E-state index contributed by atoms with van der Waals surface area (Å²) in [6.45, 7) is 5.32. The predicted octanol–water partition coefficient (Wildman–Crippen LogP) is 4.05. The molecule has 174 valence electrons. The molecule has 1 amide bonds. The molecule has 0 saturated heterocycles. The number of sulfone groups is 1. The molecular formula is C25H27NO6S. The highest BCUT2D eigenvalue weighted by atomic mass is 32.2. The normalized spacial score (nSPS) is 12.8. The molecule has 0 radical (unpaired) electrons. The molecule has 0 spiro atoms. The smallest absolute Gasteiger partial charge is 0.326 e. The van der Waals surface area contributed by atoms with Crippen molar-refractivity contribution in [2.75, 3.05) is 6.26 Å². The van der Waals surface area contributed by atoms with Gasteiger partial charge in [-0.15, -0.1) is 0 Å². The fourth-order valence-electron chi connectivity index (χ4n) is 3.42. The van der Waals surface area contributed by atoms with E-state index in [9.17, 15) is 23.1 Å². The van der Waals surface area contributed by atoms with Crippen LogP contribution in [0.2, 0.25) is 0 Å². The van der Waals surface area contributed by atoms with Crippen LogP contribution >= 0.6 is 0 Å². The van der Waals surface area contributed by atoms with Gasteiger partial charge in [-0.2, -0.15) is 0 Å². The van der Waals surface area contributed by atoms with Crippen LogP contribution in [0, 0.1) is 5.41 Å². The number of carboxylic acid groups (broad SMARTS) is 1. The molecule has 1 atom stereocenters. The van der Waals surface area contributed by atoms with E-state index in [0.717, 1.165) is 17.2 Å². The average molecular weight is 470 g/mol. The summed E-state index contributed by atoms with van der Waals surface area (Å²) in [5.41, 5.74) is 0.248. The number of benzene rings is 3. The van der Waals surface area contributed by atoms with Crippen molar-refractivity contribution in [1.82, 2.24) is 5.32 Å². The Labute approximate surface area is 193 Å². The number of amides is 1. The number of hydrogen-bond acceptors (Lipinski definition) is 5. The Kier molecular flexibility index (Phi) is 6.78. The fraction of sp³-hybridized carbons (Fsp3) is 0.280. The first-order valence-electron chi connectivity index (χ1n) is 10.3. The van der Waals surface area contributed by atoms with E-state index in [4.69, 9.17) is 4.74 Å². The number of carboxylic acids is 1. The first kappa shape index (κ1) is 24.3. The zero-order chi connectivity index (χ0) is 24.4. The molecule has 0 aliphatic heterocycles. The molecule has 2 N–H and O–H groups in total. The van der Waals surface area contributed by atoms with Crippen molar-refractivity contribution in [2.45, 2.75) is 38.3 Å². The van der Waals surface area contributed by atoms with Crippen molar-refractivity contribution < 1.29 is 27.9 Å². The van der Waals surface area contributed by atoms with Gasteiger partial charge in [-0.1, -0.05) is 63.2 Å². The number of carbonyl (C=O) groups is 2. The van der Waals surface area contributed by atoms with Crippen LogP contribution < -0.4 is 10.1 Å². The maximum absolute atomic E-state index is 13.1. The topological polar surface area (TPSA) is 110 Å². The number of rotatable bonds is 7. The van der Waals surface area contributed by atoms with Crippen LogP contribution in [0.15, 0.2) is 65.6 Å². The van der Waals surface area contributed by atoms with Gasteiger partial charge in [0.05, 0.1) is 10.5 Å². The second-order valence-corrected chi connectivity index (χ2v) is 11.0. The molecule has 0 heterocycles. The van der Waals surface area contributed by atoms with E-state index in [0.29, 0.717) is 11.1 Å². The molecule has 1 unspecified atom stereocenters. The minimum absolute atomic E-state index is 0.0972. The Bertz CT molecular complexity index is 1290. The van der Waals surface area contributed by atoms with Crippen molar-refractivity contribution in [3.63, 3.8) is 0 Å².